The molecule has 1 saturated heterocycles. The third-order valence-electron chi connectivity index (χ3n) is 6.38. The van der Waals surface area contributed by atoms with Gasteiger partial charge >= 0.3 is 0 Å². The Morgan fingerprint density at radius 2 is 1.66 bits per heavy atom. The van der Waals surface area contributed by atoms with Gasteiger partial charge in [-0.25, -0.2) is 4.98 Å². The molecule has 0 N–H and O–H groups in total. The topological polar surface area (TPSA) is 39.7 Å². The maximum atomic E-state index is 12.4. The lowest BCUT2D eigenvalue weighted by molar-refractivity contribution is -0.116. The first-order valence-electron chi connectivity index (χ1n) is 11.2. The molecule has 3 heterocycles. The molecule has 1 amide bonds. The van der Waals surface area contributed by atoms with Gasteiger partial charge in [0.15, 0.2) is 0 Å². The lowest BCUT2D eigenvalue weighted by atomic mass is 9.97. The van der Waals surface area contributed by atoms with Gasteiger partial charge in [-0.3, -0.25) is 4.79 Å². The quantitative estimate of drug-likeness (QED) is 0.606. The average molecular weight is 425 g/mol. The molecule has 2 aliphatic heterocycles. The van der Waals surface area contributed by atoms with Gasteiger partial charge < -0.3 is 14.7 Å². The van der Waals surface area contributed by atoms with Crippen LogP contribution in [0, 0.1) is 0 Å². The Hall–Kier alpha value is -3.44. The molecule has 0 saturated carbocycles. The molecule has 0 atom stereocenters. The largest absolute Gasteiger partial charge is 0.354 e. The Labute approximate surface area is 189 Å². The minimum Gasteiger partial charge on any atom is -0.354 e. The Bertz CT molecular complexity index is 1180. The molecule has 0 radical (unpaired) electrons. The second-order valence-electron chi connectivity index (χ2n) is 8.58. The van der Waals surface area contributed by atoms with E-state index in [4.69, 9.17) is 4.98 Å². The molecule has 2 aliphatic rings. The van der Waals surface area contributed by atoms with Crippen molar-refractivity contribution < 1.29 is 4.79 Å². The second kappa shape index (κ2) is 8.60. The highest BCUT2D eigenvalue weighted by Gasteiger charge is 2.19. The number of carbonyl (C=O) groups excluding carboxylic acids is 1. The fourth-order valence-corrected chi connectivity index (χ4v) is 4.44. The summed E-state index contributed by atoms with van der Waals surface area (Å²) in [5.74, 6) is 1.08. The number of likely N-dealkylation sites (N-methyl/N-ethyl adjacent to an activating group) is 1. The fourth-order valence-electron chi connectivity index (χ4n) is 4.44. The van der Waals surface area contributed by atoms with E-state index < -0.39 is 0 Å². The summed E-state index contributed by atoms with van der Waals surface area (Å²) in [6, 6.07) is 20.8. The third kappa shape index (κ3) is 4.04. The van der Waals surface area contributed by atoms with Crippen LogP contribution in [-0.2, 0) is 11.3 Å². The molecule has 1 aromatic heterocycles. The van der Waals surface area contributed by atoms with Crippen molar-refractivity contribution in [2.24, 2.45) is 0 Å². The van der Waals surface area contributed by atoms with Crippen LogP contribution >= 0.6 is 0 Å². The number of hydrogen-bond acceptors (Lipinski definition) is 4. The van der Waals surface area contributed by atoms with Crippen molar-refractivity contribution in [3.63, 3.8) is 0 Å². The molecule has 0 spiro atoms. The summed E-state index contributed by atoms with van der Waals surface area (Å²) in [6.07, 6.45) is 4.25. The van der Waals surface area contributed by atoms with Crippen LogP contribution in [0.25, 0.3) is 23.4 Å². The Balaban J connectivity index is 1.50. The van der Waals surface area contributed by atoms with Crippen LogP contribution < -0.4 is 9.80 Å². The number of fused-ring (bicyclic) bond motifs is 2. The summed E-state index contributed by atoms with van der Waals surface area (Å²) in [5, 5.41) is 0. The van der Waals surface area contributed by atoms with E-state index in [1.165, 1.54) is 0 Å². The number of para-hydroxylation sites is 1. The molecule has 0 aliphatic carbocycles. The normalized spacial score (nSPS) is 17.2. The zero-order chi connectivity index (χ0) is 22.1. The van der Waals surface area contributed by atoms with Crippen LogP contribution in [0.4, 0.5) is 11.5 Å². The van der Waals surface area contributed by atoms with Gasteiger partial charge in [0.25, 0.3) is 0 Å². The van der Waals surface area contributed by atoms with E-state index in [-0.39, 0.29) is 5.91 Å². The summed E-state index contributed by atoms with van der Waals surface area (Å²) in [4.78, 5) is 24.0. The number of amides is 1. The lowest BCUT2D eigenvalue weighted by Crippen LogP contribution is -2.44. The van der Waals surface area contributed by atoms with Gasteiger partial charge in [0.05, 0.1) is 17.9 Å². The predicted octanol–water partition coefficient (Wildman–Crippen LogP) is 4.54. The zero-order valence-electron chi connectivity index (χ0n) is 18.7. The monoisotopic (exact) mass is 424 g/mol. The maximum absolute atomic E-state index is 12.4. The van der Waals surface area contributed by atoms with Crippen molar-refractivity contribution in [2.45, 2.75) is 13.5 Å². The third-order valence-corrected chi connectivity index (χ3v) is 6.38. The molecule has 0 unspecified atom stereocenters. The van der Waals surface area contributed by atoms with Crippen LogP contribution in [0.15, 0.2) is 60.7 Å². The van der Waals surface area contributed by atoms with Crippen molar-refractivity contribution in [3.8, 4) is 11.3 Å². The number of anilines is 2. The van der Waals surface area contributed by atoms with E-state index >= 15 is 0 Å². The summed E-state index contributed by atoms with van der Waals surface area (Å²) < 4.78 is 0. The van der Waals surface area contributed by atoms with Crippen molar-refractivity contribution in [2.75, 3.05) is 43.0 Å². The van der Waals surface area contributed by atoms with E-state index in [1.54, 1.807) is 6.92 Å². The molecule has 5 rings (SSSR count). The van der Waals surface area contributed by atoms with Crippen LogP contribution in [0.2, 0.25) is 0 Å². The highest BCUT2D eigenvalue weighted by atomic mass is 16.2. The van der Waals surface area contributed by atoms with Crippen molar-refractivity contribution in [3.05, 3.63) is 77.4 Å². The predicted molar refractivity (Wildman–Crippen MR) is 132 cm³/mol. The van der Waals surface area contributed by atoms with Gasteiger partial charge in [-0.2, -0.15) is 0 Å². The fraction of sp³-hybridized carbons (Fsp3) is 0.259. The molecule has 2 aromatic carbocycles. The number of carbonyl (C=O) groups is 1. The first kappa shape index (κ1) is 20.5. The lowest BCUT2D eigenvalue weighted by Gasteiger charge is -2.33. The van der Waals surface area contributed by atoms with Gasteiger partial charge in [-0.05, 0) is 48.0 Å². The number of pyridine rings is 1. The first-order chi connectivity index (χ1) is 15.6. The number of nitrogens with zero attached hydrogens (tertiary/aromatic N) is 4. The van der Waals surface area contributed by atoms with E-state index in [1.807, 2.05) is 23.1 Å². The van der Waals surface area contributed by atoms with Gasteiger partial charge in [0, 0.05) is 38.7 Å². The molecular formula is C27H28N4O. The highest BCUT2D eigenvalue weighted by Crippen LogP contribution is 2.31. The number of rotatable bonds is 2. The van der Waals surface area contributed by atoms with Gasteiger partial charge in [-0.1, -0.05) is 48.6 Å². The van der Waals surface area contributed by atoms with Crippen LogP contribution in [-0.4, -0.2) is 49.0 Å². The minimum atomic E-state index is 0.0457. The number of benzene rings is 2. The molecular weight excluding hydrogens is 396 g/mol. The molecule has 32 heavy (non-hydrogen) atoms. The standard InChI is InChI=1S/C27H28N4O/c1-20(32)31-19-24-13-12-23(18-22(24)11-10-21-6-3-4-8-26(21)31)25-7-5-9-27(28-25)30-16-14-29(2)15-17-30/h3-13,18H,14-17,19H2,1-2H3/b11-10-. The van der Waals surface area contributed by atoms with E-state index in [9.17, 15) is 4.79 Å². The summed E-state index contributed by atoms with van der Waals surface area (Å²) >= 11 is 0. The molecule has 3 aromatic rings. The smallest absolute Gasteiger partial charge is 0.224 e. The van der Waals surface area contributed by atoms with Gasteiger partial charge in [-0.15, -0.1) is 0 Å². The molecule has 5 heteroatoms. The number of hydrogen-bond donors (Lipinski definition) is 0. The van der Waals surface area contributed by atoms with Gasteiger partial charge in [0.2, 0.25) is 5.91 Å². The Morgan fingerprint density at radius 1 is 0.875 bits per heavy atom. The van der Waals surface area contributed by atoms with Crippen LogP contribution in [0.3, 0.4) is 0 Å². The highest BCUT2D eigenvalue weighted by molar-refractivity contribution is 5.95. The van der Waals surface area contributed by atoms with Crippen LogP contribution in [0.1, 0.15) is 23.6 Å². The Kier molecular flexibility index (Phi) is 5.50. The zero-order valence-corrected chi connectivity index (χ0v) is 18.7. The van der Waals surface area contributed by atoms with Crippen molar-refractivity contribution in [1.29, 1.82) is 0 Å². The van der Waals surface area contributed by atoms with Crippen molar-refractivity contribution >= 4 is 29.6 Å². The van der Waals surface area contributed by atoms with Gasteiger partial charge in [0.1, 0.15) is 5.82 Å². The molecule has 1 fully saturated rings. The number of aromatic nitrogens is 1. The maximum Gasteiger partial charge on any atom is 0.224 e. The summed E-state index contributed by atoms with van der Waals surface area (Å²) in [5.41, 5.74) is 6.32. The van der Waals surface area contributed by atoms with E-state index in [0.29, 0.717) is 6.54 Å². The molecule has 162 valence electrons. The van der Waals surface area contributed by atoms with E-state index in [0.717, 1.165) is 65.6 Å². The summed E-state index contributed by atoms with van der Waals surface area (Å²) in [7, 11) is 2.16. The van der Waals surface area contributed by atoms with Crippen LogP contribution in [0.5, 0.6) is 0 Å². The average Bonchev–Trinajstić information content (AvgIpc) is 2.81. The molecule has 0 bridgehead atoms. The molecule has 5 nitrogen and oxygen atoms in total. The van der Waals surface area contributed by atoms with E-state index in [2.05, 4.69) is 71.5 Å². The SMILES string of the molecule is CC(=O)N1Cc2ccc(-c3cccc(N4CCN(C)CC4)n3)cc2/C=C\c2ccccc21. The summed E-state index contributed by atoms with van der Waals surface area (Å²) in [6.45, 7) is 6.30. The number of piperazine rings is 1. The first-order valence-corrected chi connectivity index (χ1v) is 11.2. The Morgan fingerprint density at radius 3 is 2.47 bits per heavy atom. The second-order valence-corrected chi connectivity index (χ2v) is 8.58. The minimum absolute atomic E-state index is 0.0457. The van der Waals surface area contributed by atoms with Crippen molar-refractivity contribution in [1.82, 2.24) is 9.88 Å².